The van der Waals surface area contributed by atoms with Crippen molar-refractivity contribution in [2.24, 2.45) is 14.1 Å². The van der Waals surface area contributed by atoms with Crippen LogP contribution in [0.15, 0.2) is 84.9 Å². The predicted molar refractivity (Wildman–Crippen MR) is 176 cm³/mol. The molecule has 0 N–H and O–H groups in total. The Kier molecular flexibility index (Phi) is 8.87. The maximum absolute atomic E-state index is 14.5. The van der Waals surface area contributed by atoms with Crippen molar-refractivity contribution in [2.45, 2.75) is 45.8 Å². The molecule has 0 radical (unpaired) electrons. The van der Waals surface area contributed by atoms with Gasteiger partial charge in [-0.05, 0) is 53.8 Å². The minimum absolute atomic E-state index is 0.0609. The van der Waals surface area contributed by atoms with Crippen molar-refractivity contribution in [1.82, 2.24) is 39.8 Å². The van der Waals surface area contributed by atoms with Crippen LogP contribution < -0.4 is 0 Å². The predicted octanol–water partition coefficient (Wildman–Crippen LogP) is 4.47. The summed E-state index contributed by atoms with van der Waals surface area (Å²) in [6.45, 7) is 5.28. The zero-order valence-corrected chi connectivity index (χ0v) is 26.7. The first-order valence-electron chi connectivity index (χ1n) is 15.5. The Hall–Kier alpha value is -5.38. The lowest BCUT2D eigenvalue weighted by atomic mass is 9.97. The summed E-state index contributed by atoms with van der Waals surface area (Å²) in [6.07, 6.45) is 4.57. The molecule has 5 aromatic rings. The molecule has 10 heteroatoms. The average Bonchev–Trinajstić information content (AvgIpc) is 3.62. The van der Waals surface area contributed by atoms with Crippen LogP contribution in [0.1, 0.15) is 39.2 Å². The smallest absolute Gasteiger partial charge is 0.247 e. The fourth-order valence-electron chi connectivity index (χ4n) is 6.04. The van der Waals surface area contributed by atoms with Gasteiger partial charge in [0, 0.05) is 56.0 Å². The SMILES string of the molecule is Cc1nn(C)c(C)c1C=CC(=O)N(Cc1ccc(-c2nnn(C)n2)cc1)[C@@H](Cc1ccccc1)C(=O)N1CCc2ccccc2C1. The third-order valence-electron chi connectivity index (χ3n) is 8.69. The summed E-state index contributed by atoms with van der Waals surface area (Å²) in [5.74, 6) is 0.220. The van der Waals surface area contributed by atoms with E-state index in [1.807, 2.05) is 98.6 Å². The van der Waals surface area contributed by atoms with E-state index in [1.165, 1.54) is 10.4 Å². The van der Waals surface area contributed by atoms with E-state index >= 15 is 0 Å². The fraction of sp³-hybridized carbons (Fsp3) is 0.278. The molecular weight excluding hydrogens is 576 g/mol. The Bertz CT molecular complexity index is 1870. The van der Waals surface area contributed by atoms with Gasteiger partial charge in [-0.2, -0.15) is 9.90 Å². The third kappa shape index (κ3) is 6.66. The van der Waals surface area contributed by atoms with Gasteiger partial charge in [-0.3, -0.25) is 14.3 Å². The van der Waals surface area contributed by atoms with Gasteiger partial charge in [-0.1, -0.05) is 78.9 Å². The number of carbonyl (C=O) groups excluding carboxylic acids is 2. The van der Waals surface area contributed by atoms with Crippen molar-refractivity contribution in [1.29, 1.82) is 0 Å². The zero-order chi connectivity index (χ0) is 32.2. The monoisotopic (exact) mass is 614 g/mol. The molecule has 3 aromatic carbocycles. The fourth-order valence-corrected chi connectivity index (χ4v) is 6.04. The molecule has 1 atom stereocenters. The Balaban J connectivity index is 1.36. The van der Waals surface area contributed by atoms with Crippen LogP contribution in [0.4, 0.5) is 0 Å². The van der Waals surface area contributed by atoms with Crippen LogP contribution in [0.2, 0.25) is 0 Å². The van der Waals surface area contributed by atoms with Crippen LogP contribution in [0.25, 0.3) is 17.5 Å². The first-order valence-corrected chi connectivity index (χ1v) is 15.5. The lowest BCUT2D eigenvalue weighted by Crippen LogP contribution is -2.52. The van der Waals surface area contributed by atoms with E-state index in [1.54, 1.807) is 22.7 Å². The van der Waals surface area contributed by atoms with Gasteiger partial charge in [-0.15, -0.1) is 10.2 Å². The Morgan fingerprint density at radius 2 is 1.61 bits per heavy atom. The van der Waals surface area contributed by atoms with Gasteiger partial charge >= 0.3 is 0 Å². The summed E-state index contributed by atoms with van der Waals surface area (Å²) in [4.78, 5) is 33.8. The summed E-state index contributed by atoms with van der Waals surface area (Å²) in [5, 5.41) is 16.8. The van der Waals surface area contributed by atoms with Gasteiger partial charge in [0.1, 0.15) is 6.04 Å². The Labute approximate surface area is 269 Å². The van der Waals surface area contributed by atoms with Crippen molar-refractivity contribution >= 4 is 17.9 Å². The zero-order valence-electron chi connectivity index (χ0n) is 26.7. The van der Waals surface area contributed by atoms with Crippen LogP contribution in [-0.4, -0.2) is 64.2 Å². The lowest BCUT2D eigenvalue weighted by Gasteiger charge is -2.37. The molecule has 0 unspecified atom stereocenters. The van der Waals surface area contributed by atoms with E-state index < -0.39 is 6.04 Å². The number of rotatable bonds is 9. The van der Waals surface area contributed by atoms with Crippen LogP contribution in [-0.2, 0) is 49.6 Å². The second-order valence-corrected chi connectivity index (χ2v) is 11.8. The molecular formula is C36H38N8O2. The first-order chi connectivity index (χ1) is 22.3. The molecule has 1 aliphatic heterocycles. The van der Waals surface area contributed by atoms with Gasteiger partial charge in [0.25, 0.3) is 0 Å². The highest BCUT2D eigenvalue weighted by Gasteiger charge is 2.34. The van der Waals surface area contributed by atoms with E-state index in [0.29, 0.717) is 25.3 Å². The molecule has 3 heterocycles. The quantitative estimate of drug-likeness (QED) is 0.227. The van der Waals surface area contributed by atoms with Crippen LogP contribution >= 0.6 is 0 Å². The lowest BCUT2D eigenvalue weighted by molar-refractivity contribution is -0.144. The third-order valence-corrected chi connectivity index (χ3v) is 8.69. The second-order valence-electron chi connectivity index (χ2n) is 11.8. The molecule has 2 amide bonds. The highest BCUT2D eigenvalue weighted by molar-refractivity contribution is 5.96. The maximum atomic E-state index is 14.5. The summed E-state index contributed by atoms with van der Waals surface area (Å²) >= 11 is 0. The summed E-state index contributed by atoms with van der Waals surface area (Å²) in [6, 6.07) is 25.2. The van der Waals surface area contributed by atoms with Gasteiger partial charge in [0.05, 0.1) is 12.7 Å². The Morgan fingerprint density at radius 3 is 2.28 bits per heavy atom. The largest absolute Gasteiger partial charge is 0.336 e. The van der Waals surface area contributed by atoms with Crippen molar-refractivity contribution in [2.75, 3.05) is 6.54 Å². The molecule has 0 spiro atoms. The average molecular weight is 615 g/mol. The first kappa shape index (κ1) is 30.6. The normalized spacial score (nSPS) is 13.5. The second kappa shape index (κ2) is 13.3. The molecule has 10 nitrogen and oxygen atoms in total. The molecule has 0 saturated heterocycles. The topological polar surface area (TPSA) is 102 Å². The minimum atomic E-state index is -0.720. The highest BCUT2D eigenvalue weighted by Crippen LogP contribution is 2.24. The van der Waals surface area contributed by atoms with E-state index in [4.69, 9.17) is 0 Å². The number of fused-ring (bicyclic) bond motifs is 1. The van der Waals surface area contributed by atoms with E-state index in [2.05, 4.69) is 32.6 Å². The van der Waals surface area contributed by atoms with Gasteiger partial charge in [-0.25, -0.2) is 0 Å². The highest BCUT2D eigenvalue weighted by atomic mass is 16.2. The molecule has 0 aliphatic carbocycles. The number of carbonyl (C=O) groups is 2. The number of aryl methyl sites for hydroxylation is 3. The minimum Gasteiger partial charge on any atom is -0.336 e. The number of amides is 2. The summed E-state index contributed by atoms with van der Waals surface area (Å²) in [7, 11) is 3.61. The van der Waals surface area contributed by atoms with Crippen LogP contribution in [0, 0.1) is 13.8 Å². The van der Waals surface area contributed by atoms with Crippen LogP contribution in [0.5, 0.6) is 0 Å². The van der Waals surface area contributed by atoms with Gasteiger partial charge in [0.15, 0.2) is 0 Å². The molecule has 0 bridgehead atoms. The van der Waals surface area contributed by atoms with E-state index in [0.717, 1.165) is 45.6 Å². The van der Waals surface area contributed by atoms with Gasteiger partial charge < -0.3 is 9.80 Å². The molecule has 2 aromatic heterocycles. The maximum Gasteiger partial charge on any atom is 0.247 e. The molecule has 234 valence electrons. The summed E-state index contributed by atoms with van der Waals surface area (Å²) < 4.78 is 1.81. The van der Waals surface area contributed by atoms with Crippen molar-refractivity contribution in [3.63, 3.8) is 0 Å². The number of benzene rings is 3. The Morgan fingerprint density at radius 1 is 0.891 bits per heavy atom. The van der Waals surface area contributed by atoms with Gasteiger partial charge in [0.2, 0.25) is 17.6 Å². The van der Waals surface area contributed by atoms with E-state index in [-0.39, 0.29) is 18.4 Å². The molecule has 1 aliphatic rings. The van der Waals surface area contributed by atoms with E-state index in [9.17, 15) is 9.59 Å². The number of aromatic nitrogens is 6. The molecule has 0 fully saturated rings. The van der Waals surface area contributed by atoms with Crippen molar-refractivity contribution in [3.8, 4) is 11.4 Å². The molecule has 6 rings (SSSR count). The summed E-state index contributed by atoms with van der Waals surface area (Å²) in [5.41, 5.74) is 7.81. The standard InChI is InChI=1S/C36H38N8O2/c1-25-32(26(2)41(3)38-25)18-19-34(45)44(23-28-14-16-30(17-15-28)35-37-40-42(4)39-35)33(22-27-10-6-5-7-11-27)36(46)43-21-20-29-12-8-9-13-31(29)24-43/h5-19,33H,20-24H2,1-4H3/t33-/m0/s1. The van der Waals surface area contributed by atoms with Crippen molar-refractivity contribution < 1.29 is 9.59 Å². The molecule has 0 saturated carbocycles. The number of hydrogen-bond acceptors (Lipinski definition) is 6. The van der Waals surface area contributed by atoms with Crippen molar-refractivity contribution in [3.05, 3.63) is 124 Å². The van der Waals surface area contributed by atoms with Crippen LogP contribution in [0.3, 0.4) is 0 Å². The molecule has 46 heavy (non-hydrogen) atoms. The number of tetrazole rings is 1. The number of hydrogen-bond donors (Lipinski definition) is 0. The number of nitrogens with zero attached hydrogens (tertiary/aromatic N) is 8.